The lowest BCUT2D eigenvalue weighted by molar-refractivity contribution is -0.146. The van der Waals surface area contributed by atoms with Gasteiger partial charge >= 0.3 is 12.1 Å². The number of amides is 2. The second kappa shape index (κ2) is 9.64. The van der Waals surface area contributed by atoms with E-state index >= 15 is 0 Å². The molecule has 2 amide bonds. The van der Waals surface area contributed by atoms with Gasteiger partial charge in [-0.05, 0) is 29.2 Å². The zero-order valence-electron chi connectivity index (χ0n) is 18.3. The highest BCUT2D eigenvalue weighted by Crippen LogP contribution is 2.44. The molecule has 1 atom stereocenters. The molecule has 0 aromatic heterocycles. The standard InChI is InChI=1S/C24H28N2O5/c1-5-26(21(14-22(27)30-4)23(28)25(2)3)24(29)31-15-20-18-12-8-6-10-16(18)17-11-7-9-13-19(17)20/h6-13,20-21H,5,14-15H2,1-4H3. The van der Waals surface area contributed by atoms with Crippen molar-refractivity contribution in [2.75, 3.05) is 34.4 Å². The molecule has 164 valence electrons. The van der Waals surface area contributed by atoms with E-state index in [4.69, 9.17) is 9.47 Å². The molecule has 0 radical (unpaired) electrons. The minimum absolute atomic E-state index is 0.0846. The zero-order valence-corrected chi connectivity index (χ0v) is 18.3. The van der Waals surface area contributed by atoms with Gasteiger partial charge in [0.25, 0.3) is 0 Å². The zero-order chi connectivity index (χ0) is 22.5. The molecule has 1 aliphatic rings. The fourth-order valence-electron chi connectivity index (χ4n) is 4.02. The number of ether oxygens (including phenoxy) is 2. The molecule has 0 bridgehead atoms. The summed E-state index contributed by atoms with van der Waals surface area (Å²) in [7, 11) is 4.42. The van der Waals surface area contributed by atoms with E-state index in [0.717, 1.165) is 22.3 Å². The third-order valence-corrected chi connectivity index (χ3v) is 5.60. The third kappa shape index (κ3) is 4.55. The van der Waals surface area contributed by atoms with Gasteiger partial charge in [0.1, 0.15) is 12.6 Å². The number of carbonyl (C=O) groups is 3. The highest BCUT2D eigenvalue weighted by molar-refractivity contribution is 5.89. The largest absolute Gasteiger partial charge is 0.469 e. The van der Waals surface area contributed by atoms with Crippen molar-refractivity contribution in [3.8, 4) is 11.1 Å². The Hall–Kier alpha value is -3.35. The summed E-state index contributed by atoms with van der Waals surface area (Å²) in [4.78, 5) is 40.1. The predicted octanol–water partition coefficient (Wildman–Crippen LogP) is 3.28. The van der Waals surface area contributed by atoms with Crippen LogP contribution in [-0.2, 0) is 19.1 Å². The van der Waals surface area contributed by atoms with Crippen LogP contribution in [0.4, 0.5) is 4.79 Å². The Labute approximate surface area is 182 Å². The van der Waals surface area contributed by atoms with Crippen molar-refractivity contribution in [1.29, 1.82) is 0 Å². The number of carbonyl (C=O) groups excluding carboxylic acids is 3. The Kier molecular flexibility index (Phi) is 6.95. The third-order valence-electron chi connectivity index (χ3n) is 5.60. The minimum Gasteiger partial charge on any atom is -0.469 e. The molecule has 2 aromatic carbocycles. The van der Waals surface area contributed by atoms with Crippen LogP contribution >= 0.6 is 0 Å². The van der Waals surface area contributed by atoms with Crippen LogP contribution in [0.2, 0.25) is 0 Å². The SMILES string of the molecule is CCN(C(=O)OCC1c2ccccc2-c2ccccc21)C(CC(=O)OC)C(=O)N(C)C. The Morgan fingerprint density at radius 3 is 2.00 bits per heavy atom. The number of rotatable bonds is 7. The van der Waals surface area contributed by atoms with Gasteiger partial charge in [-0.2, -0.15) is 0 Å². The molecule has 0 aliphatic heterocycles. The number of methoxy groups -OCH3 is 1. The van der Waals surface area contributed by atoms with E-state index in [2.05, 4.69) is 12.1 Å². The number of fused-ring (bicyclic) bond motifs is 3. The van der Waals surface area contributed by atoms with Gasteiger partial charge in [0.15, 0.2) is 0 Å². The summed E-state index contributed by atoms with van der Waals surface area (Å²) in [6, 6.07) is 15.2. The number of benzene rings is 2. The monoisotopic (exact) mass is 424 g/mol. The summed E-state index contributed by atoms with van der Waals surface area (Å²) in [5.41, 5.74) is 4.49. The summed E-state index contributed by atoms with van der Waals surface area (Å²) in [5.74, 6) is -1.01. The van der Waals surface area contributed by atoms with Gasteiger partial charge in [0.05, 0.1) is 13.5 Å². The van der Waals surface area contributed by atoms with Crippen molar-refractivity contribution in [2.24, 2.45) is 0 Å². The van der Waals surface area contributed by atoms with Gasteiger partial charge in [0.2, 0.25) is 5.91 Å². The van der Waals surface area contributed by atoms with Crippen LogP contribution < -0.4 is 0 Å². The van der Waals surface area contributed by atoms with Gasteiger partial charge in [-0.1, -0.05) is 48.5 Å². The Morgan fingerprint density at radius 1 is 0.968 bits per heavy atom. The van der Waals surface area contributed by atoms with E-state index in [1.54, 1.807) is 21.0 Å². The molecular formula is C24H28N2O5. The quantitative estimate of drug-likeness (QED) is 0.638. The lowest BCUT2D eigenvalue weighted by Crippen LogP contribution is -2.50. The first-order valence-corrected chi connectivity index (χ1v) is 10.3. The maximum Gasteiger partial charge on any atom is 0.410 e. The number of nitrogens with zero attached hydrogens (tertiary/aromatic N) is 2. The first-order valence-electron chi connectivity index (χ1n) is 10.3. The Bertz CT molecular complexity index is 926. The maximum atomic E-state index is 13.0. The fraction of sp³-hybridized carbons (Fsp3) is 0.375. The van der Waals surface area contributed by atoms with Crippen LogP contribution in [-0.4, -0.2) is 68.2 Å². The number of esters is 1. The number of hydrogen-bond donors (Lipinski definition) is 0. The predicted molar refractivity (Wildman–Crippen MR) is 117 cm³/mol. The van der Waals surface area contributed by atoms with Crippen molar-refractivity contribution in [2.45, 2.75) is 25.3 Å². The number of hydrogen-bond acceptors (Lipinski definition) is 5. The normalized spacial score (nSPS) is 13.0. The molecule has 1 unspecified atom stereocenters. The molecule has 0 spiro atoms. The number of likely N-dealkylation sites (N-methyl/N-ethyl adjacent to an activating group) is 2. The molecule has 7 nitrogen and oxygen atoms in total. The molecule has 0 saturated carbocycles. The molecule has 0 heterocycles. The van der Waals surface area contributed by atoms with Crippen LogP contribution in [0.5, 0.6) is 0 Å². The van der Waals surface area contributed by atoms with Crippen LogP contribution in [0.15, 0.2) is 48.5 Å². The van der Waals surface area contributed by atoms with E-state index in [1.807, 2.05) is 36.4 Å². The van der Waals surface area contributed by atoms with Crippen LogP contribution in [0.25, 0.3) is 11.1 Å². The van der Waals surface area contributed by atoms with E-state index in [-0.39, 0.29) is 31.4 Å². The molecule has 0 fully saturated rings. The van der Waals surface area contributed by atoms with Crippen molar-refractivity contribution in [1.82, 2.24) is 9.80 Å². The molecular weight excluding hydrogens is 396 g/mol. The lowest BCUT2D eigenvalue weighted by atomic mass is 9.98. The van der Waals surface area contributed by atoms with E-state index in [1.165, 1.54) is 16.9 Å². The van der Waals surface area contributed by atoms with Crippen molar-refractivity contribution < 1.29 is 23.9 Å². The molecule has 31 heavy (non-hydrogen) atoms. The van der Waals surface area contributed by atoms with Gasteiger partial charge in [-0.15, -0.1) is 0 Å². The second-order valence-electron chi connectivity index (χ2n) is 7.62. The Morgan fingerprint density at radius 2 is 1.52 bits per heavy atom. The molecule has 2 aromatic rings. The smallest absolute Gasteiger partial charge is 0.410 e. The maximum absolute atomic E-state index is 13.0. The topological polar surface area (TPSA) is 76.1 Å². The van der Waals surface area contributed by atoms with E-state index in [0.29, 0.717) is 0 Å². The van der Waals surface area contributed by atoms with Gasteiger partial charge < -0.3 is 14.4 Å². The van der Waals surface area contributed by atoms with Crippen molar-refractivity contribution >= 4 is 18.0 Å². The summed E-state index contributed by atoms with van der Waals surface area (Å²) >= 11 is 0. The second-order valence-corrected chi connectivity index (χ2v) is 7.62. The average molecular weight is 424 g/mol. The molecule has 0 N–H and O–H groups in total. The molecule has 3 rings (SSSR count). The Balaban J connectivity index is 1.79. The lowest BCUT2D eigenvalue weighted by Gasteiger charge is -2.30. The molecule has 0 saturated heterocycles. The van der Waals surface area contributed by atoms with Crippen molar-refractivity contribution in [3.63, 3.8) is 0 Å². The van der Waals surface area contributed by atoms with Crippen LogP contribution in [0, 0.1) is 0 Å². The molecule has 7 heteroatoms. The first kappa shape index (κ1) is 22.3. The van der Waals surface area contributed by atoms with Crippen LogP contribution in [0.1, 0.15) is 30.4 Å². The fourth-order valence-corrected chi connectivity index (χ4v) is 4.02. The summed E-state index contributed by atoms with van der Waals surface area (Å²) in [6.45, 7) is 2.11. The minimum atomic E-state index is -0.983. The van der Waals surface area contributed by atoms with Gasteiger partial charge in [0, 0.05) is 26.6 Å². The van der Waals surface area contributed by atoms with E-state index < -0.39 is 18.1 Å². The summed E-state index contributed by atoms with van der Waals surface area (Å²) < 4.78 is 10.4. The van der Waals surface area contributed by atoms with Gasteiger partial charge in [-0.3, -0.25) is 14.5 Å². The highest BCUT2D eigenvalue weighted by atomic mass is 16.6. The van der Waals surface area contributed by atoms with E-state index in [9.17, 15) is 14.4 Å². The van der Waals surface area contributed by atoms with Gasteiger partial charge in [-0.25, -0.2) is 4.79 Å². The average Bonchev–Trinajstić information content (AvgIpc) is 3.10. The summed E-state index contributed by atoms with van der Waals surface area (Å²) in [5, 5.41) is 0. The van der Waals surface area contributed by atoms with Crippen molar-refractivity contribution in [3.05, 3.63) is 59.7 Å². The van der Waals surface area contributed by atoms with Crippen LogP contribution in [0.3, 0.4) is 0 Å². The summed E-state index contributed by atoms with van der Waals surface area (Å²) in [6.07, 6.45) is -0.862. The first-order chi connectivity index (χ1) is 14.9. The highest BCUT2D eigenvalue weighted by Gasteiger charge is 2.35. The molecule has 1 aliphatic carbocycles.